The Labute approximate surface area is 186 Å². The third kappa shape index (κ3) is 4.43. The van der Waals surface area contributed by atoms with Crippen LogP contribution in [-0.2, 0) is 14.8 Å². The molecule has 11 nitrogen and oxygen atoms in total. The van der Waals surface area contributed by atoms with E-state index < -0.39 is 27.9 Å². The second-order valence-electron chi connectivity index (χ2n) is 6.49. The van der Waals surface area contributed by atoms with Gasteiger partial charge in [-0.25, -0.2) is 13.4 Å². The first-order valence-electron chi connectivity index (χ1n) is 9.12. The summed E-state index contributed by atoms with van der Waals surface area (Å²) in [6, 6.07) is 7.54. The number of pyridine rings is 1. The van der Waals surface area contributed by atoms with Gasteiger partial charge < -0.3 is 0 Å². The van der Waals surface area contributed by atoms with Crippen molar-refractivity contribution < 1.29 is 18.0 Å². The molecule has 1 aliphatic rings. The van der Waals surface area contributed by atoms with Gasteiger partial charge >= 0.3 is 0 Å². The summed E-state index contributed by atoms with van der Waals surface area (Å²) < 4.78 is 27.1. The number of amides is 2. The molecule has 0 radical (unpaired) electrons. The molecule has 13 heteroatoms. The number of thiazole rings is 1. The molecule has 0 saturated carbocycles. The zero-order valence-electron chi connectivity index (χ0n) is 16.5. The second kappa shape index (κ2) is 8.72. The van der Waals surface area contributed by atoms with Crippen LogP contribution in [0.3, 0.4) is 0 Å². The fourth-order valence-corrected chi connectivity index (χ4v) is 4.50. The molecular weight excluding hydrogens is 454 g/mol. The third-order valence-electron chi connectivity index (χ3n) is 4.31. The minimum Gasteiger partial charge on any atom is -0.269 e. The molecule has 2 aromatic heterocycles. The maximum absolute atomic E-state index is 12.6. The molecule has 32 heavy (non-hydrogen) atoms. The van der Waals surface area contributed by atoms with Gasteiger partial charge in [-0.15, -0.1) is 11.3 Å². The van der Waals surface area contributed by atoms with Crippen molar-refractivity contribution in [2.75, 3.05) is 4.72 Å². The van der Waals surface area contributed by atoms with Crippen LogP contribution in [0, 0.1) is 0 Å². The van der Waals surface area contributed by atoms with Crippen molar-refractivity contribution in [2.24, 2.45) is 15.3 Å². The second-order valence-corrected chi connectivity index (χ2v) is 9.06. The predicted molar refractivity (Wildman–Crippen MR) is 116 cm³/mol. The SMILES string of the molecule is CC1=NN(C(=O)c2ccncc2)C(=O)C1N=Nc1ccc(S(=O)(=O)Nc2nccs2)cc1. The normalized spacial score (nSPS) is 16.4. The number of hydrogen-bond donors (Lipinski definition) is 1. The highest BCUT2D eigenvalue weighted by Crippen LogP contribution is 2.22. The fraction of sp³-hybridized carbons (Fsp3) is 0.105. The van der Waals surface area contributed by atoms with Gasteiger partial charge in [-0.2, -0.15) is 20.3 Å². The van der Waals surface area contributed by atoms with Gasteiger partial charge in [0, 0.05) is 29.5 Å². The van der Waals surface area contributed by atoms with E-state index in [1.165, 1.54) is 55.0 Å². The highest BCUT2D eigenvalue weighted by Gasteiger charge is 2.38. The van der Waals surface area contributed by atoms with Crippen molar-refractivity contribution in [1.82, 2.24) is 15.0 Å². The number of nitrogens with zero attached hydrogens (tertiary/aromatic N) is 6. The first-order chi connectivity index (χ1) is 15.3. The maximum Gasteiger partial charge on any atom is 0.282 e. The van der Waals surface area contributed by atoms with Gasteiger partial charge in [0.05, 0.1) is 16.3 Å². The van der Waals surface area contributed by atoms with E-state index in [1.54, 1.807) is 12.3 Å². The molecule has 2 amide bonds. The number of anilines is 1. The number of azo groups is 1. The Bertz CT molecular complexity index is 1310. The minimum atomic E-state index is -3.79. The summed E-state index contributed by atoms with van der Waals surface area (Å²) >= 11 is 1.16. The number of carbonyl (C=O) groups excluding carboxylic acids is 2. The number of hydrogen-bond acceptors (Lipinski definition) is 10. The summed E-state index contributed by atoms with van der Waals surface area (Å²) in [6.07, 6.45) is 4.38. The van der Waals surface area contributed by atoms with Crippen LogP contribution < -0.4 is 4.72 Å². The summed E-state index contributed by atoms with van der Waals surface area (Å²) in [4.78, 5) is 32.9. The quantitative estimate of drug-likeness (QED) is 0.434. The van der Waals surface area contributed by atoms with Crippen molar-refractivity contribution in [2.45, 2.75) is 17.9 Å². The Morgan fingerprint density at radius 1 is 1.12 bits per heavy atom. The highest BCUT2D eigenvalue weighted by atomic mass is 32.2. The highest BCUT2D eigenvalue weighted by molar-refractivity contribution is 7.93. The van der Waals surface area contributed by atoms with Crippen LogP contribution in [0.4, 0.5) is 10.8 Å². The van der Waals surface area contributed by atoms with E-state index >= 15 is 0 Å². The summed E-state index contributed by atoms with van der Waals surface area (Å²) in [5, 5.41) is 14.7. The lowest BCUT2D eigenvalue weighted by molar-refractivity contribution is -0.127. The van der Waals surface area contributed by atoms with Crippen LogP contribution in [0.25, 0.3) is 0 Å². The van der Waals surface area contributed by atoms with Crippen LogP contribution in [0.2, 0.25) is 0 Å². The fourth-order valence-electron chi connectivity index (χ4n) is 2.72. The first kappa shape index (κ1) is 21.4. The van der Waals surface area contributed by atoms with E-state index in [4.69, 9.17) is 0 Å². The average molecular weight is 470 g/mol. The monoisotopic (exact) mass is 469 g/mol. The van der Waals surface area contributed by atoms with Crippen molar-refractivity contribution in [3.8, 4) is 0 Å². The molecule has 3 heterocycles. The number of sulfonamides is 1. The summed E-state index contributed by atoms with van der Waals surface area (Å²) in [7, 11) is -3.79. The molecule has 1 aliphatic heterocycles. The topological polar surface area (TPSA) is 146 Å². The van der Waals surface area contributed by atoms with Crippen molar-refractivity contribution in [3.05, 3.63) is 65.9 Å². The largest absolute Gasteiger partial charge is 0.282 e. The molecule has 1 atom stereocenters. The van der Waals surface area contributed by atoms with E-state index in [1.807, 2.05) is 0 Å². The van der Waals surface area contributed by atoms with Crippen LogP contribution in [0.1, 0.15) is 17.3 Å². The summed E-state index contributed by atoms with van der Waals surface area (Å²) in [5.74, 6) is -1.21. The Morgan fingerprint density at radius 3 is 2.50 bits per heavy atom. The Balaban J connectivity index is 1.46. The number of benzene rings is 1. The lowest BCUT2D eigenvalue weighted by Gasteiger charge is -2.10. The van der Waals surface area contributed by atoms with Gasteiger partial charge in [0.25, 0.3) is 21.8 Å². The molecule has 0 fully saturated rings. The molecule has 1 unspecified atom stereocenters. The zero-order valence-corrected chi connectivity index (χ0v) is 18.1. The van der Waals surface area contributed by atoms with Crippen LogP contribution >= 0.6 is 11.3 Å². The van der Waals surface area contributed by atoms with Gasteiger partial charge in [-0.1, -0.05) is 0 Å². The molecule has 0 bridgehead atoms. The van der Waals surface area contributed by atoms with Crippen molar-refractivity contribution in [3.63, 3.8) is 0 Å². The Kier molecular flexibility index (Phi) is 5.83. The van der Waals surface area contributed by atoms with Gasteiger partial charge in [-0.3, -0.25) is 19.3 Å². The standard InChI is InChI=1S/C19H15N7O4S2/c1-12-16(18(28)26(24-12)17(27)13-6-8-20-9-7-13)23-22-14-2-4-15(5-3-14)32(29,30)25-19-21-10-11-31-19/h2-11,16H,1H3,(H,21,25). The molecule has 1 N–H and O–H groups in total. The number of imide groups is 1. The number of aromatic nitrogens is 2. The molecule has 0 aliphatic carbocycles. The van der Waals surface area contributed by atoms with Gasteiger partial charge in [-0.05, 0) is 43.3 Å². The van der Waals surface area contributed by atoms with Gasteiger partial charge in [0.1, 0.15) is 0 Å². The third-order valence-corrected chi connectivity index (χ3v) is 6.48. The Morgan fingerprint density at radius 2 is 1.84 bits per heavy atom. The van der Waals surface area contributed by atoms with Crippen LogP contribution in [0.5, 0.6) is 0 Å². The number of rotatable bonds is 6. The zero-order chi connectivity index (χ0) is 22.7. The van der Waals surface area contributed by atoms with E-state index in [0.29, 0.717) is 11.4 Å². The van der Waals surface area contributed by atoms with Crippen LogP contribution in [0.15, 0.2) is 80.6 Å². The molecule has 4 rings (SSSR count). The molecule has 162 valence electrons. The predicted octanol–water partition coefficient (Wildman–Crippen LogP) is 2.85. The van der Waals surface area contributed by atoms with E-state index in [2.05, 4.69) is 30.0 Å². The van der Waals surface area contributed by atoms with Crippen molar-refractivity contribution in [1.29, 1.82) is 0 Å². The number of nitrogens with one attached hydrogen (secondary N) is 1. The van der Waals surface area contributed by atoms with Crippen molar-refractivity contribution >= 4 is 49.7 Å². The minimum absolute atomic E-state index is 0.0236. The average Bonchev–Trinajstić information content (AvgIpc) is 3.40. The molecular formula is C19H15N7O4S2. The van der Waals surface area contributed by atoms with Gasteiger partial charge in [0.2, 0.25) is 0 Å². The lowest BCUT2D eigenvalue weighted by Crippen LogP contribution is -2.34. The Hall–Kier alpha value is -3.84. The maximum atomic E-state index is 12.6. The molecule has 0 spiro atoms. The summed E-state index contributed by atoms with van der Waals surface area (Å²) in [5.41, 5.74) is 0.913. The van der Waals surface area contributed by atoms with E-state index in [-0.39, 0.29) is 15.6 Å². The molecule has 0 saturated heterocycles. The smallest absolute Gasteiger partial charge is 0.269 e. The number of carbonyl (C=O) groups is 2. The van der Waals surface area contributed by atoms with Crippen LogP contribution in [-0.4, -0.2) is 47.0 Å². The first-order valence-corrected chi connectivity index (χ1v) is 11.5. The molecule has 1 aromatic carbocycles. The molecule has 3 aromatic rings. The number of hydrazone groups is 1. The van der Waals surface area contributed by atoms with E-state index in [9.17, 15) is 18.0 Å². The van der Waals surface area contributed by atoms with Gasteiger partial charge in [0.15, 0.2) is 11.2 Å². The van der Waals surface area contributed by atoms with E-state index in [0.717, 1.165) is 16.3 Å². The summed E-state index contributed by atoms with van der Waals surface area (Å²) in [6.45, 7) is 1.57. The lowest BCUT2D eigenvalue weighted by atomic mass is 10.2.